The van der Waals surface area contributed by atoms with Crippen molar-refractivity contribution in [3.8, 4) is 5.75 Å². The van der Waals surface area contributed by atoms with Crippen molar-refractivity contribution >= 4 is 17.5 Å². The number of carbonyl (C=O) groups is 2. The van der Waals surface area contributed by atoms with Gasteiger partial charge in [0.2, 0.25) is 11.8 Å². The zero-order chi connectivity index (χ0) is 18.1. The number of hydrogen-bond donors (Lipinski definition) is 1. The number of halogens is 1. The van der Waals surface area contributed by atoms with Crippen LogP contribution in [0.4, 0.5) is 10.1 Å². The van der Waals surface area contributed by atoms with Crippen molar-refractivity contribution in [2.24, 2.45) is 5.73 Å². The molecule has 2 aromatic carbocycles. The molecule has 2 aromatic rings. The van der Waals surface area contributed by atoms with Crippen LogP contribution in [-0.2, 0) is 9.59 Å². The molecule has 25 heavy (non-hydrogen) atoms. The van der Waals surface area contributed by atoms with E-state index < -0.39 is 5.91 Å². The molecule has 5 nitrogen and oxygen atoms in total. The van der Waals surface area contributed by atoms with Crippen LogP contribution < -0.4 is 15.4 Å². The standard InChI is InChI=1S/C19H21FN2O3/c20-15-8-10-16(11-9-15)22(13-12-18(21)23)19(24)7-4-14-25-17-5-2-1-3-6-17/h1-3,5-6,8-11H,4,7,12-14H2,(H2,21,23). The number of rotatable bonds is 9. The van der Waals surface area contributed by atoms with E-state index in [1.54, 1.807) is 0 Å². The third-order valence-corrected chi connectivity index (χ3v) is 3.57. The molecule has 132 valence electrons. The molecule has 0 saturated carbocycles. The third-order valence-electron chi connectivity index (χ3n) is 3.57. The van der Waals surface area contributed by atoms with Crippen molar-refractivity contribution in [3.05, 3.63) is 60.4 Å². The van der Waals surface area contributed by atoms with Gasteiger partial charge in [-0.2, -0.15) is 0 Å². The average molecular weight is 344 g/mol. The van der Waals surface area contributed by atoms with E-state index in [-0.39, 0.29) is 31.1 Å². The second-order valence-electron chi connectivity index (χ2n) is 5.50. The highest BCUT2D eigenvalue weighted by atomic mass is 19.1. The second kappa shape index (κ2) is 9.42. The molecule has 2 rings (SSSR count). The molecule has 0 atom stereocenters. The lowest BCUT2D eigenvalue weighted by Crippen LogP contribution is -2.34. The Labute approximate surface area is 146 Å². The minimum atomic E-state index is -0.493. The predicted molar refractivity (Wildman–Crippen MR) is 93.7 cm³/mol. The summed E-state index contributed by atoms with van der Waals surface area (Å²) in [4.78, 5) is 25.0. The largest absolute Gasteiger partial charge is 0.494 e. The number of primary amides is 1. The smallest absolute Gasteiger partial charge is 0.227 e. The van der Waals surface area contributed by atoms with Crippen LogP contribution in [0, 0.1) is 5.82 Å². The van der Waals surface area contributed by atoms with Crippen molar-refractivity contribution in [2.75, 3.05) is 18.1 Å². The quantitative estimate of drug-likeness (QED) is 0.711. The second-order valence-corrected chi connectivity index (χ2v) is 5.50. The van der Waals surface area contributed by atoms with E-state index in [0.29, 0.717) is 18.7 Å². The first kappa shape index (κ1) is 18.4. The molecule has 0 heterocycles. The molecular formula is C19H21FN2O3. The fourth-order valence-electron chi connectivity index (χ4n) is 2.31. The highest BCUT2D eigenvalue weighted by Gasteiger charge is 2.16. The molecular weight excluding hydrogens is 323 g/mol. The maximum atomic E-state index is 13.1. The van der Waals surface area contributed by atoms with Crippen molar-refractivity contribution in [1.82, 2.24) is 0 Å². The highest BCUT2D eigenvalue weighted by molar-refractivity contribution is 5.94. The van der Waals surface area contributed by atoms with E-state index in [1.807, 2.05) is 30.3 Å². The molecule has 6 heteroatoms. The Morgan fingerprint density at radius 1 is 1.00 bits per heavy atom. The SMILES string of the molecule is NC(=O)CCN(C(=O)CCCOc1ccccc1)c1ccc(F)cc1. The lowest BCUT2D eigenvalue weighted by molar-refractivity contribution is -0.119. The average Bonchev–Trinajstić information content (AvgIpc) is 2.61. The summed E-state index contributed by atoms with van der Waals surface area (Å²) in [7, 11) is 0. The summed E-state index contributed by atoms with van der Waals surface area (Å²) >= 11 is 0. The first-order valence-electron chi connectivity index (χ1n) is 8.08. The fraction of sp³-hybridized carbons (Fsp3) is 0.263. The molecule has 0 spiro atoms. The summed E-state index contributed by atoms with van der Waals surface area (Å²) in [5.74, 6) is -0.293. The summed E-state index contributed by atoms with van der Waals surface area (Å²) in [5, 5.41) is 0. The van der Waals surface area contributed by atoms with E-state index in [9.17, 15) is 14.0 Å². The van der Waals surface area contributed by atoms with Crippen LogP contribution in [0.3, 0.4) is 0 Å². The Bertz CT molecular complexity index is 690. The van der Waals surface area contributed by atoms with Crippen LogP contribution in [0.15, 0.2) is 54.6 Å². The molecule has 0 unspecified atom stereocenters. The first-order chi connectivity index (χ1) is 12.1. The zero-order valence-electron chi connectivity index (χ0n) is 13.9. The van der Waals surface area contributed by atoms with Crippen molar-refractivity contribution < 1.29 is 18.7 Å². The van der Waals surface area contributed by atoms with Gasteiger partial charge in [0.25, 0.3) is 0 Å². The lowest BCUT2D eigenvalue weighted by Gasteiger charge is -2.22. The van der Waals surface area contributed by atoms with Crippen molar-refractivity contribution in [2.45, 2.75) is 19.3 Å². The number of ether oxygens (including phenoxy) is 1. The van der Waals surface area contributed by atoms with Crippen LogP contribution in [0.2, 0.25) is 0 Å². The van der Waals surface area contributed by atoms with E-state index >= 15 is 0 Å². The van der Waals surface area contributed by atoms with Gasteiger partial charge in [0, 0.05) is 25.1 Å². The maximum absolute atomic E-state index is 13.1. The Morgan fingerprint density at radius 2 is 1.68 bits per heavy atom. The van der Waals surface area contributed by atoms with E-state index in [0.717, 1.165) is 5.75 Å². The van der Waals surface area contributed by atoms with Gasteiger partial charge in [-0.3, -0.25) is 9.59 Å². The summed E-state index contributed by atoms with van der Waals surface area (Å²) in [6.45, 7) is 0.572. The molecule has 2 amide bonds. The molecule has 2 N–H and O–H groups in total. The van der Waals surface area contributed by atoms with Gasteiger partial charge in [0.1, 0.15) is 11.6 Å². The highest BCUT2D eigenvalue weighted by Crippen LogP contribution is 2.17. The van der Waals surface area contributed by atoms with Crippen LogP contribution >= 0.6 is 0 Å². The lowest BCUT2D eigenvalue weighted by atomic mass is 10.2. The van der Waals surface area contributed by atoms with Crippen LogP contribution in [0.25, 0.3) is 0 Å². The van der Waals surface area contributed by atoms with Crippen molar-refractivity contribution in [3.63, 3.8) is 0 Å². The Morgan fingerprint density at radius 3 is 2.32 bits per heavy atom. The van der Waals surface area contributed by atoms with Gasteiger partial charge in [-0.15, -0.1) is 0 Å². The van der Waals surface area contributed by atoms with E-state index in [2.05, 4.69) is 0 Å². The Hall–Kier alpha value is -2.89. The molecule has 0 aliphatic carbocycles. The summed E-state index contributed by atoms with van der Waals surface area (Å²) in [5.41, 5.74) is 5.71. The third kappa shape index (κ3) is 6.25. The van der Waals surface area contributed by atoms with Crippen LogP contribution in [0.5, 0.6) is 5.75 Å². The number of amides is 2. The Kier molecular flexibility index (Phi) is 6.95. The summed E-state index contributed by atoms with van der Waals surface area (Å²) in [6, 6.07) is 14.9. The van der Waals surface area contributed by atoms with Gasteiger partial charge in [-0.25, -0.2) is 4.39 Å². The summed E-state index contributed by atoms with van der Waals surface area (Å²) in [6.07, 6.45) is 0.828. The number of anilines is 1. The zero-order valence-corrected chi connectivity index (χ0v) is 13.9. The van der Waals surface area contributed by atoms with Crippen LogP contribution in [0.1, 0.15) is 19.3 Å². The number of nitrogens with zero attached hydrogens (tertiary/aromatic N) is 1. The Balaban J connectivity index is 1.90. The van der Waals surface area contributed by atoms with Gasteiger partial charge in [-0.1, -0.05) is 18.2 Å². The molecule has 0 saturated heterocycles. The number of benzene rings is 2. The van der Waals surface area contributed by atoms with Crippen LogP contribution in [-0.4, -0.2) is 25.0 Å². The van der Waals surface area contributed by atoms with Gasteiger partial charge in [0.15, 0.2) is 0 Å². The minimum Gasteiger partial charge on any atom is -0.494 e. The van der Waals surface area contributed by atoms with Gasteiger partial charge in [-0.05, 0) is 42.8 Å². The van der Waals surface area contributed by atoms with E-state index in [1.165, 1.54) is 29.2 Å². The first-order valence-corrected chi connectivity index (χ1v) is 8.08. The molecule has 0 aliphatic heterocycles. The summed E-state index contributed by atoms with van der Waals surface area (Å²) < 4.78 is 18.6. The fourth-order valence-corrected chi connectivity index (χ4v) is 2.31. The number of nitrogens with two attached hydrogens (primary N) is 1. The van der Waals surface area contributed by atoms with Gasteiger partial charge < -0.3 is 15.4 Å². The molecule has 0 fully saturated rings. The molecule has 0 aromatic heterocycles. The van der Waals surface area contributed by atoms with E-state index in [4.69, 9.17) is 10.5 Å². The number of hydrogen-bond acceptors (Lipinski definition) is 3. The number of para-hydroxylation sites is 1. The molecule has 0 aliphatic rings. The van der Waals surface area contributed by atoms with Gasteiger partial charge >= 0.3 is 0 Å². The predicted octanol–water partition coefficient (Wildman–Crippen LogP) is 2.89. The topological polar surface area (TPSA) is 72.6 Å². The van der Waals surface area contributed by atoms with Gasteiger partial charge in [0.05, 0.1) is 6.61 Å². The maximum Gasteiger partial charge on any atom is 0.227 e. The molecule has 0 radical (unpaired) electrons. The van der Waals surface area contributed by atoms with Crippen molar-refractivity contribution in [1.29, 1.82) is 0 Å². The normalized spacial score (nSPS) is 10.3. The monoisotopic (exact) mass is 344 g/mol. The minimum absolute atomic E-state index is 0.0453. The molecule has 0 bridgehead atoms. The number of carbonyl (C=O) groups excluding carboxylic acids is 2.